The van der Waals surface area contributed by atoms with Crippen molar-refractivity contribution in [1.82, 2.24) is 0 Å². The average Bonchev–Trinajstić information content (AvgIpc) is 2.72. The molecule has 0 atom stereocenters. The van der Waals surface area contributed by atoms with Gasteiger partial charge in [0.2, 0.25) is 0 Å². The molecule has 20 heavy (non-hydrogen) atoms. The predicted molar refractivity (Wildman–Crippen MR) is 82.1 cm³/mol. The summed E-state index contributed by atoms with van der Waals surface area (Å²) in [7, 11) is 0. The molecule has 0 unspecified atom stereocenters. The molecule has 1 aliphatic heterocycles. The van der Waals surface area contributed by atoms with E-state index in [0.717, 1.165) is 11.3 Å². The molecule has 0 spiro atoms. The lowest BCUT2D eigenvalue weighted by molar-refractivity contribution is -0.112. The van der Waals surface area contributed by atoms with Crippen molar-refractivity contribution >= 4 is 34.6 Å². The van der Waals surface area contributed by atoms with Crippen LogP contribution in [0.3, 0.4) is 0 Å². The van der Waals surface area contributed by atoms with Gasteiger partial charge >= 0.3 is 0 Å². The van der Waals surface area contributed by atoms with E-state index in [1.165, 1.54) is 0 Å². The van der Waals surface area contributed by atoms with Crippen LogP contribution in [0, 0.1) is 0 Å². The summed E-state index contributed by atoms with van der Waals surface area (Å²) in [6.07, 6.45) is 0. The molecule has 0 saturated heterocycles. The quantitative estimate of drug-likeness (QED) is 0.825. The maximum Gasteiger partial charge on any atom is 0.277 e. The van der Waals surface area contributed by atoms with Crippen molar-refractivity contribution in [3.8, 4) is 0 Å². The van der Waals surface area contributed by atoms with Gasteiger partial charge in [-0.15, -0.1) is 0 Å². The van der Waals surface area contributed by atoms with E-state index in [-0.39, 0.29) is 5.91 Å². The average molecular weight is 285 g/mol. The lowest BCUT2D eigenvalue weighted by Gasteiger charge is -2.12. The third kappa shape index (κ3) is 2.10. The summed E-state index contributed by atoms with van der Waals surface area (Å²) in [5, 5.41) is 0.609. The van der Waals surface area contributed by atoms with Gasteiger partial charge in [0.05, 0.1) is 11.4 Å². The van der Waals surface area contributed by atoms with Crippen LogP contribution in [0.5, 0.6) is 0 Å². The number of likely N-dealkylation sites (N-methyl/N-ethyl adjacent to an activating group) is 1. The fourth-order valence-corrected chi connectivity index (χ4v) is 2.54. The number of para-hydroxylation sites is 1. The van der Waals surface area contributed by atoms with Crippen molar-refractivity contribution in [3.05, 3.63) is 59.1 Å². The second-order valence-corrected chi connectivity index (χ2v) is 4.94. The fraction of sp³-hybridized carbons (Fsp3) is 0.125. The zero-order valence-corrected chi connectivity index (χ0v) is 11.8. The van der Waals surface area contributed by atoms with Crippen molar-refractivity contribution < 1.29 is 4.79 Å². The molecule has 2 aromatic carbocycles. The molecule has 1 aliphatic rings. The highest BCUT2D eigenvalue weighted by molar-refractivity contribution is 6.54. The molecule has 0 fully saturated rings. The second kappa shape index (κ2) is 5.10. The van der Waals surface area contributed by atoms with Gasteiger partial charge in [-0.1, -0.05) is 35.9 Å². The zero-order chi connectivity index (χ0) is 14.1. The maximum absolute atomic E-state index is 12.4. The van der Waals surface area contributed by atoms with Gasteiger partial charge in [-0.05, 0) is 31.2 Å². The van der Waals surface area contributed by atoms with Gasteiger partial charge in [0, 0.05) is 17.1 Å². The van der Waals surface area contributed by atoms with E-state index in [2.05, 4.69) is 4.99 Å². The number of carbonyl (C=O) groups excluding carboxylic acids is 1. The molecule has 1 heterocycles. The Kier molecular flexibility index (Phi) is 3.28. The third-order valence-corrected chi connectivity index (χ3v) is 3.50. The Morgan fingerprint density at radius 3 is 2.70 bits per heavy atom. The Morgan fingerprint density at radius 2 is 1.95 bits per heavy atom. The standard InChI is InChI=1S/C16H13ClN2O/c1-2-19-14-9-4-3-8-13(14)15(16(19)20)18-12-7-5-6-11(17)10-12/h3-10H,2H2,1H3. The Labute approximate surface area is 122 Å². The number of aliphatic imine (C=N–C) groups is 1. The fourth-order valence-electron chi connectivity index (χ4n) is 2.36. The maximum atomic E-state index is 12.4. The SMILES string of the molecule is CCN1C(=O)C(=Nc2cccc(Cl)c2)c2ccccc21. The Morgan fingerprint density at radius 1 is 1.15 bits per heavy atom. The molecule has 3 nitrogen and oxygen atoms in total. The lowest BCUT2D eigenvalue weighted by Crippen LogP contribution is -2.29. The summed E-state index contributed by atoms with van der Waals surface area (Å²) in [6, 6.07) is 14.9. The van der Waals surface area contributed by atoms with Gasteiger partial charge in [-0.2, -0.15) is 0 Å². The van der Waals surface area contributed by atoms with Crippen LogP contribution in [0.4, 0.5) is 11.4 Å². The number of anilines is 1. The molecule has 0 aliphatic carbocycles. The highest BCUT2D eigenvalue weighted by atomic mass is 35.5. The van der Waals surface area contributed by atoms with Crippen LogP contribution < -0.4 is 4.90 Å². The van der Waals surface area contributed by atoms with Crippen LogP contribution in [-0.4, -0.2) is 18.2 Å². The molecule has 0 N–H and O–H groups in total. The van der Waals surface area contributed by atoms with Crippen LogP contribution in [0.2, 0.25) is 5.02 Å². The summed E-state index contributed by atoms with van der Waals surface area (Å²) in [4.78, 5) is 18.7. The van der Waals surface area contributed by atoms with Gasteiger partial charge in [-0.3, -0.25) is 4.79 Å². The summed E-state index contributed by atoms with van der Waals surface area (Å²) in [5.41, 5.74) is 2.96. The molecule has 0 aromatic heterocycles. The van der Waals surface area contributed by atoms with E-state index in [1.54, 1.807) is 17.0 Å². The predicted octanol–water partition coefficient (Wildman–Crippen LogP) is 3.83. The van der Waals surface area contributed by atoms with Gasteiger partial charge in [0.25, 0.3) is 5.91 Å². The summed E-state index contributed by atoms with van der Waals surface area (Å²) < 4.78 is 0. The smallest absolute Gasteiger partial charge is 0.277 e. The van der Waals surface area contributed by atoms with Gasteiger partial charge in [0.15, 0.2) is 0 Å². The zero-order valence-electron chi connectivity index (χ0n) is 11.0. The minimum absolute atomic E-state index is 0.0614. The highest BCUT2D eigenvalue weighted by Crippen LogP contribution is 2.30. The minimum Gasteiger partial charge on any atom is -0.307 e. The van der Waals surface area contributed by atoms with Gasteiger partial charge in [0.1, 0.15) is 5.71 Å². The molecular weight excluding hydrogens is 272 g/mol. The number of carbonyl (C=O) groups is 1. The number of amides is 1. The van der Waals surface area contributed by atoms with Crippen molar-refractivity contribution in [2.75, 3.05) is 11.4 Å². The number of fused-ring (bicyclic) bond motifs is 1. The minimum atomic E-state index is -0.0614. The Bertz CT molecular complexity index is 709. The van der Waals surface area contributed by atoms with Crippen LogP contribution in [0.25, 0.3) is 0 Å². The number of benzene rings is 2. The van der Waals surface area contributed by atoms with Crippen LogP contribution in [0.15, 0.2) is 53.5 Å². The summed E-state index contributed by atoms with van der Waals surface area (Å²) >= 11 is 5.96. The van der Waals surface area contributed by atoms with Crippen molar-refractivity contribution in [1.29, 1.82) is 0 Å². The molecule has 1 amide bonds. The number of hydrogen-bond donors (Lipinski definition) is 0. The first kappa shape index (κ1) is 12.9. The largest absolute Gasteiger partial charge is 0.307 e. The normalized spacial score (nSPS) is 15.8. The number of nitrogens with zero attached hydrogens (tertiary/aromatic N) is 2. The molecule has 2 aromatic rings. The lowest BCUT2D eigenvalue weighted by atomic mass is 10.1. The molecule has 0 saturated carbocycles. The molecular formula is C16H13ClN2O. The van der Waals surface area contributed by atoms with E-state index < -0.39 is 0 Å². The van der Waals surface area contributed by atoms with Crippen LogP contribution in [-0.2, 0) is 4.79 Å². The molecule has 3 rings (SSSR count). The van der Waals surface area contributed by atoms with E-state index in [9.17, 15) is 4.79 Å². The van der Waals surface area contributed by atoms with E-state index >= 15 is 0 Å². The molecule has 0 bridgehead atoms. The molecule has 0 radical (unpaired) electrons. The monoisotopic (exact) mass is 284 g/mol. The third-order valence-electron chi connectivity index (χ3n) is 3.26. The number of hydrogen-bond acceptors (Lipinski definition) is 2. The summed E-state index contributed by atoms with van der Waals surface area (Å²) in [5.74, 6) is -0.0614. The number of rotatable bonds is 2. The van der Waals surface area contributed by atoms with Crippen molar-refractivity contribution in [2.24, 2.45) is 4.99 Å². The second-order valence-electron chi connectivity index (χ2n) is 4.51. The van der Waals surface area contributed by atoms with E-state index in [4.69, 9.17) is 11.6 Å². The van der Waals surface area contributed by atoms with Gasteiger partial charge < -0.3 is 4.90 Å². The highest BCUT2D eigenvalue weighted by Gasteiger charge is 2.32. The molecule has 4 heteroatoms. The van der Waals surface area contributed by atoms with Crippen molar-refractivity contribution in [3.63, 3.8) is 0 Å². The van der Waals surface area contributed by atoms with Gasteiger partial charge in [-0.25, -0.2) is 4.99 Å². The van der Waals surface area contributed by atoms with Crippen LogP contribution in [0.1, 0.15) is 12.5 Å². The van der Waals surface area contributed by atoms with E-state index in [0.29, 0.717) is 23.0 Å². The van der Waals surface area contributed by atoms with Crippen LogP contribution >= 0.6 is 11.6 Å². The summed E-state index contributed by atoms with van der Waals surface area (Å²) in [6.45, 7) is 2.58. The first-order chi connectivity index (χ1) is 9.70. The Hall–Kier alpha value is -2.13. The Balaban J connectivity index is 2.12. The van der Waals surface area contributed by atoms with Crippen molar-refractivity contribution in [2.45, 2.75) is 6.92 Å². The van der Waals surface area contributed by atoms with E-state index in [1.807, 2.05) is 43.3 Å². The topological polar surface area (TPSA) is 32.7 Å². The molecule has 100 valence electrons. The first-order valence-corrected chi connectivity index (χ1v) is 6.84. The first-order valence-electron chi connectivity index (χ1n) is 6.46. The number of halogens is 1.